The van der Waals surface area contributed by atoms with E-state index in [1.165, 1.54) is 11.1 Å². The normalized spacial score (nSPS) is 16.5. The molecule has 2 aromatic rings. The van der Waals surface area contributed by atoms with Crippen molar-refractivity contribution in [1.82, 2.24) is 0 Å². The highest BCUT2D eigenvalue weighted by Gasteiger charge is 2.35. The van der Waals surface area contributed by atoms with Gasteiger partial charge in [0.2, 0.25) is 0 Å². The molecule has 26 heavy (non-hydrogen) atoms. The lowest BCUT2D eigenvalue weighted by Gasteiger charge is -2.40. The first-order chi connectivity index (χ1) is 12.5. The van der Waals surface area contributed by atoms with Crippen molar-refractivity contribution in [2.24, 2.45) is 5.92 Å². The number of hydrogen-bond acceptors (Lipinski definition) is 2. The zero-order valence-electron chi connectivity index (χ0n) is 15.7. The van der Waals surface area contributed by atoms with Gasteiger partial charge in [-0.1, -0.05) is 67.0 Å². The molecule has 1 amide bonds. The van der Waals surface area contributed by atoms with Gasteiger partial charge >= 0.3 is 6.09 Å². The number of ether oxygens (including phenoxy) is 1. The van der Waals surface area contributed by atoms with Crippen LogP contribution in [-0.2, 0) is 24.2 Å². The molecule has 0 saturated heterocycles. The van der Waals surface area contributed by atoms with Gasteiger partial charge in [0.1, 0.15) is 6.61 Å². The predicted molar refractivity (Wildman–Crippen MR) is 110 cm³/mol. The summed E-state index contributed by atoms with van der Waals surface area (Å²) in [7, 11) is 0. The third-order valence-corrected chi connectivity index (χ3v) is 5.52. The van der Waals surface area contributed by atoms with E-state index in [0.717, 1.165) is 35.0 Å². The second kappa shape index (κ2) is 8.26. The van der Waals surface area contributed by atoms with E-state index in [2.05, 4.69) is 48.8 Å². The number of nitrogens with zero attached hydrogens (tertiary/aromatic N) is 1. The van der Waals surface area contributed by atoms with Gasteiger partial charge in [-0.05, 0) is 54.0 Å². The summed E-state index contributed by atoms with van der Waals surface area (Å²) < 4.78 is 6.79. The average Bonchev–Trinajstić information content (AvgIpc) is 2.65. The molecule has 3 nitrogen and oxygen atoms in total. The second-order valence-corrected chi connectivity index (χ2v) is 8.10. The standard InChI is InChI=1S/C22H26BrNO2/c1-4-17-12-19(23)13-18-10-11-20(15(2)3)24(21(17)18)22(25)26-14-16-8-6-5-7-9-16/h5-9,12-13,15,20H,4,10-11,14H2,1-3H3. The molecule has 0 N–H and O–H groups in total. The zero-order valence-corrected chi connectivity index (χ0v) is 17.3. The molecular formula is C22H26BrNO2. The smallest absolute Gasteiger partial charge is 0.414 e. The number of anilines is 1. The van der Waals surface area contributed by atoms with E-state index < -0.39 is 0 Å². The van der Waals surface area contributed by atoms with E-state index >= 15 is 0 Å². The minimum absolute atomic E-state index is 0.164. The van der Waals surface area contributed by atoms with Crippen molar-refractivity contribution in [2.75, 3.05) is 4.90 Å². The van der Waals surface area contributed by atoms with E-state index in [0.29, 0.717) is 12.5 Å². The predicted octanol–water partition coefficient (Wildman–Crippen LogP) is 6.13. The van der Waals surface area contributed by atoms with Gasteiger partial charge in [0.15, 0.2) is 0 Å². The first-order valence-corrected chi connectivity index (χ1v) is 10.1. The van der Waals surface area contributed by atoms with Crippen molar-refractivity contribution in [1.29, 1.82) is 0 Å². The number of carbonyl (C=O) groups is 1. The quantitative estimate of drug-likeness (QED) is 0.601. The molecule has 0 spiro atoms. The molecule has 0 saturated carbocycles. The van der Waals surface area contributed by atoms with Gasteiger partial charge in [-0.15, -0.1) is 0 Å². The molecule has 1 aliphatic rings. The minimum Gasteiger partial charge on any atom is -0.444 e. The summed E-state index contributed by atoms with van der Waals surface area (Å²) in [5, 5.41) is 0. The highest BCUT2D eigenvalue weighted by molar-refractivity contribution is 9.10. The maximum absolute atomic E-state index is 13.1. The fourth-order valence-electron chi connectivity index (χ4n) is 3.73. The van der Waals surface area contributed by atoms with Crippen molar-refractivity contribution >= 4 is 27.7 Å². The summed E-state index contributed by atoms with van der Waals surface area (Å²) in [6.45, 7) is 6.79. The minimum atomic E-state index is -0.245. The third-order valence-electron chi connectivity index (χ3n) is 5.07. The summed E-state index contributed by atoms with van der Waals surface area (Å²) in [5.74, 6) is 0.376. The van der Waals surface area contributed by atoms with Crippen LogP contribution in [0, 0.1) is 5.92 Å². The van der Waals surface area contributed by atoms with Crippen LogP contribution in [0.2, 0.25) is 0 Å². The van der Waals surface area contributed by atoms with Gasteiger partial charge < -0.3 is 4.74 Å². The van der Waals surface area contributed by atoms with Crippen LogP contribution in [0.3, 0.4) is 0 Å². The monoisotopic (exact) mass is 415 g/mol. The number of halogens is 1. The van der Waals surface area contributed by atoms with Crippen LogP contribution in [0.1, 0.15) is 43.9 Å². The summed E-state index contributed by atoms with van der Waals surface area (Å²) >= 11 is 3.61. The molecule has 1 unspecified atom stereocenters. The molecule has 0 radical (unpaired) electrons. The molecule has 1 aliphatic heterocycles. The van der Waals surface area contributed by atoms with Gasteiger partial charge in [0.05, 0.1) is 5.69 Å². The van der Waals surface area contributed by atoms with Gasteiger partial charge in [0, 0.05) is 10.5 Å². The fraction of sp³-hybridized carbons (Fsp3) is 0.409. The second-order valence-electron chi connectivity index (χ2n) is 7.19. The van der Waals surface area contributed by atoms with Gasteiger partial charge in [-0.3, -0.25) is 4.90 Å². The lowest BCUT2D eigenvalue weighted by atomic mass is 9.87. The summed E-state index contributed by atoms with van der Waals surface area (Å²) in [5.41, 5.74) is 4.48. The number of carbonyl (C=O) groups excluding carboxylic acids is 1. The number of amides is 1. The third kappa shape index (κ3) is 3.96. The first kappa shape index (κ1) is 19.0. The largest absolute Gasteiger partial charge is 0.444 e. The zero-order chi connectivity index (χ0) is 18.7. The Morgan fingerprint density at radius 3 is 2.65 bits per heavy atom. The topological polar surface area (TPSA) is 29.5 Å². The first-order valence-electron chi connectivity index (χ1n) is 9.32. The van der Waals surface area contributed by atoms with Crippen LogP contribution in [0.5, 0.6) is 0 Å². The van der Waals surface area contributed by atoms with Crippen LogP contribution in [0.25, 0.3) is 0 Å². The summed E-state index contributed by atoms with van der Waals surface area (Å²) in [4.78, 5) is 15.0. The van der Waals surface area contributed by atoms with Crippen LogP contribution < -0.4 is 4.90 Å². The lowest BCUT2D eigenvalue weighted by molar-refractivity contribution is 0.141. The maximum atomic E-state index is 13.1. The SMILES string of the molecule is CCc1cc(Br)cc2c1N(C(=O)OCc1ccccc1)C(C(C)C)CC2. The van der Waals surface area contributed by atoms with Crippen molar-refractivity contribution in [3.8, 4) is 0 Å². The van der Waals surface area contributed by atoms with Crippen molar-refractivity contribution in [3.63, 3.8) is 0 Å². The summed E-state index contributed by atoms with van der Waals surface area (Å²) in [6, 6.07) is 14.3. The van der Waals surface area contributed by atoms with E-state index in [4.69, 9.17) is 4.74 Å². The van der Waals surface area contributed by atoms with Gasteiger partial charge in [-0.2, -0.15) is 0 Å². The molecule has 4 heteroatoms. The Labute approximate surface area is 164 Å². The molecule has 0 aliphatic carbocycles. The van der Waals surface area contributed by atoms with Crippen LogP contribution >= 0.6 is 15.9 Å². The van der Waals surface area contributed by atoms with Crippen LogP contribution in [-0.4, -0.2) is 12.1 Å². The van der Waals surface area contributed by atoms with Crippen LogP contribution in [0.4, 0.5) is 10.5 Å². The van der Waals surface area contributed by atoms with Crippen molar-refractivity contribution in [3.05, 3.63) is 63.6 Å². The highest BCUT2D eigenvalue weighted by Crippen LogP contribution is 2.39. The Hall–Kier alpha value is -1.81. The molecular weight excluding hydrogens is 390 g/mol. The van der Waals surface area contributed by atoms with E-state index in [-0.39, 0.29) is 12.1 Å². The highest BCUT2D eigenvalue weighted by atomic mass is 79.9. The number of fused-ring (bicyclic) bond motifs is 1. The summed E-state index contributed by atoms with van der Waals surface area (Å²) in [6.07, 6.45) is 2.60. The molecule has 0 bridgehead atoms. The van der Waals surface area contributed by atoms with Gasteiger partial charge in [0.25, 0.3) is 0 Å². The average molecular weight is 416 g/mol. The van der Waals surface area contributed by atoms with Crippen molar-refractivity contribution < 1.29 is 9.53 Å². The molecule has 3 rings (SSSR count). The van der Waals surface area contributed by atoms with Crippen LogP contribution in [0.15, 0.2) is 46.9 Å². The number of benzene rings is 2. The van der Waals surface area contributed by atoms with Crippen molar-refractivity contribution in [2.45, 2.75) is 52.7 Å². The Balaban J connectivity index is 1.93. The maximum Gasteiger partial charge on any atom is 0.414 e. The molecule has 0 aromatic heterocycles. The lowest BCUT2D eigenvalue weighted by Crippen LogP contribution is -2.47. The molecule has 1 heterocycles. The molecule has 2 aromatic carbocycles. The molecule has 0 fully saturated rings. The fourth-order valence-corrected chi connectivity index (χ4v) is 4.28. The molecule has 138 valence electrons. The van der Waals surface area contributed by atoms with E-state index in [1.807, 2.05) is 35.2 Å². The van der Waals surface area contributed by atoms with E-state index in [1.54, 1.807) is 0 Å². The number of aryl methyl sites for hydroxylation is 2. The number of hydrogen-bond donors (Lipinski definition) is 0. The Morgan fingerprint density at radius 2 is 2.00 bits per heavy atom. The Kier molecular flexibility index (Phi) is 6.02. The Bertz CT molecular complexity index is 756. The Morgan fingerprint density at radius 1 is 1.27 bits per heavy atom. The number of rotatable bonds is 4. The van der Waals surface area contributed by atoms with E-state index in [9.17, 15) is 4.79 Å². The molecule has 1 atom stereocenters. The van der Waals surface area contributed by atoms with Gasteiger partial charge in [-0.25, -0.2) is 4.79 Å².